The molecule has 0 saturated heterocycles. The van der Waals surface area contributed by atoms with Gasteiger partial charge in [0.2, 0.25) is 0 Å². The molecule has 0 amide bonds. The molecule has 0 fully saturated rings. The molecule has 2 N–H and O–H groups in total. The monoisotopic (exact) mass is 272 g/mol. The van der Waals surface area contributed by atoms with Gasteiger partial charge in [-0.15, -0.1) is 0 Å². The Labute approximate surface area is 117 Å². The van der Waals surface area contributed by atoms with Crippen LogP contribution in [0.5, 0.6) is 0 Å². The van der Waals surface area contributed by atoms with Gasteiger partial charge in [-0.1, -0.05) is 17.7 Å². The van der Waals surface area contributed by atoms with E-state index in [0.717, 1.165) is 5.69 Å². The molecule has 1 aromatic heterocycles. The van der Waals surface area contributed by atoms with Crippen LogP contribution >= 0.6 is 11.6 Å². The van der Waals surface area contributed by atoms with E-state index in [1.54, 1.807) is 18.2 Å². The first kappa shape index (κ1) is 13.2. The first-order chi connectivity index (χ1) is 9.10. The highest BCUT2D eigenvalue weighted by atomic mass is 35.5. The zero-order chi connectivity index (χ0) is 13.8. The summed E-state index contributed by atoms with van der Waals surface area (Å²) in [6, 6.07) is 12.9. The molecule has 0 spiro atoms. The lowest BCUT2D eigenvalue weighted by Gasteiger charge is -2.19. The number of rotatable bonds is 3. The molecule has 0 aliphatic heterocycles. The summed E-state index contributed by atoms with van der Waals surface area (Å²) in [4.78, 5) is 6.19. The van der Waals surface area contributed by atoms with E-state index in [-0.39, 0.29) is 0 Å². The van der Waals surface area contributed by atoms with Crippen LogP contribution in [-0.2, 0) is 6.54 Å². The van der Waals surface area contributed by atoms with Crippen LogP contribution in [0.1, 0.15) is 11.3 Å². The molecule has 0 unspecified atom stereocenters. The summed E-state index contributed by atoms with van der Waals surface area (Å²) in [6.45, 7) is 0.527. The molecule has 0 atom stereocenters. The van der Waals surface area contributed by atoms with Gasteiger partial charge in [0.1, 0.15) is 5.82 Å². The molecule has 0 aliphatic carbocycles. The fourth-order valence-electron chi connectivity index (χ4n) is 1.74. The molecule has 0 aliphatic rings. The predicted octanol–water partition coefficient (Wildman–Crippen LogP) is 2.83. The highest BCUT2D eigenvalue weighted by molar-refractivity contribution is 6.31. The Hall–Kier alpha value is -2.25. The van der Waals surface area contributed by atoms with Crippen LogP contribution in [0.4, 0.5) is 11.5 Å². The number of hydrogen-bond acceptors (Lipinski definition) is 4. The van der Waals surface area contributed by atoms with Gasteiger partial charge in [0, 0.05) is 12.7 Å². The lowest BCUT2D eigenvalue weighted by atomic mass is 10.2. The minimum atomic E-state index is 0.443. The highest BCUT2D eigenvalue weighted by Crippen LogP contribution is 2.21. The maximum absolute atomic E-state index is 8.90. The van der Waals surface area contributed by atoms with Gasteiger partial charge in [-0.3, -0.25) is 0 Å². The minimum Gasteiger partial charge on any atom is -0.384 e. The number of hydrogen-bond donors (Lipinski definition) is 1. The molecule has 96 valence electrons. The highest BCUT2D eigenvalue weighted by Gasteiger charge is 2.08. The van der Waals surface area contributed by atoms with Crippen LogP contribution in [0.15, 0.2) is 36.4 Å². The van der Waals surface area contributed by atoms with Crippen LogP contribution in [0.3, 0.4) is 0 Å². The van der Waals surface area contributed by atoms with Crippen LogP contribution in [-0.4, -0.2) is 12.0 Å². The fourth-order valence-corrected chi connectivity index (χ4v) is 1.91. The summed E-state index contributed by atoms with van der Waals surface area (Å²) in [5.74, 6) is 0.443. The van der Waals surface area contributed by atoms with Gasteiger partial charge in [0.05, 0.1) is 28.9 Å². The second-order valence-corrected chi connectivity index (χ2v) is 4.59. The van der Waals surface area contributed by atoms with Gasteiger partial charge in [0.25, 0.3) is 0 Å². The summed E-state index contributed by atoms with van der Waals surface area (Å²) in [7, 11) is 1.91. The van der Waals surface area contributed by atoms with E-state index in [2.05, 4.69) is 11.1 Å². The predicted molar refractivity (Wildman–Crippen MR) is 76.9 cm³/mol. The zero-order valence-electron chi connectivity index (χ0n) is 10.5. The molecule has 1 heterocycles. The Morgan fingerprint density at radius 2 is 2.16 bits per heavy atom. The lowest BCUT2D eigenvalue weighted by Crippen LogP contribution is -2.18. The molecule has 5 heteroatoms. The summed E-state index contributed by atoms with van der Waals surface area (Å²) < 4.78 is 0. The van der Waals surface area contributed by atoms with Crippen LogP contribution in [0, 0.1) is 11.3 Å². The molecule has 19 heavy (non-hydrogen) atoms. The van der Waals surface area contributed by atoms with Gasteiger partial charge < -0.3 is 10.6 Å². The van der Waals surface area contributed by atoms with Crippen molar-refractivity contribution in [3.63, 3.8) is 0 Å². The van der Waals surface area contributed by atoms with Crippen LogP contribution in [0.2, 0.25) is 5.02 Å². The number of halogens is 1. The van der Waals surface area contributed by atoms with E-state index in [9.17, 15) is 0 Å². The second kappa shape index (κ2) is 5.59. The van der Waals surface area contributed by atoms with Crippen molar-refractivity contribution in [1.29, 1.82) is 5.26 Å². The van der Waals surface area contributed by atoms with E-state index in [1.165, 1.54) is 0 Å². The fraction of sp³-hybridized carbons (Fsp3) is 0.143. The molecule has 0 bridgehead atoms. The second-order valence-electron chi connectivity index (χ2n) is 4.18. The Bertz CT molecular complexity index is 634. The van der Waals surface area contributed by atoms with Gasteiger partial charge >= 0.3 is 0 Å². The Balaban J connectivity index is 2.23. The van der Waals surface area contributed by atoms with Crippen molar-refractivity contribution in [3.8, 4) is 6.07 Å². The molecule has 0 radical (unpaired) electrons. The number of nitrogen functional groups attached to an aromatic ring is 1. The van der Waals surface area contributed by atoms with Crippen molar-refractivity contribution in [1.82, 2.24) is 4.98 Å². The third-order valence-corrected chi connectivity index (χ3v) is 3.09. The number of anilines is 2. The maximum Gasteiger partial charge on any atom is 0.123 e. The standard InChI is InChI=1S/C14H13ClN4/c1-19(11-4-2-3-10(7-11)8-16)9-13-12(15)5-6-14(17)18-13/h2-7H,9H2,1H3,(H2,17,18). The Morgan fingerprint density at radius 1 is 1.37 bits per heavy atom. The molecule has 2 aromatic rings. The number of pyridine rings is 1. The number of nitrogens with two attached hydrogens (primary N) is 1. The number of benzene rings is 1. The summed E-state index contributed by atoms with van der Waals surface area (Å²) >= 11 is 6.09. The Kier molecular flexibility index (Phi) is 3.88. The molecular formula is C14H13ClN4. The maximum atomic E-state index is 8.90. The minimum absolute atomic E-state index is 0.443. The summed E-state index contributed by atoms with van der Waals surface area (Å²) in [6.07, 6.45) is 0. The van der Waals surface area contributed by atoms with Crippen LogP contribution in [0.25, 0.3) is 0 Å². The van der Waals surface area contributed by atoms with Gasteiger partial charge in [-0.05, 0) is 30.3 Å². The van der Waals surface area contributed by atoms with E-state index in [1.807, 2.05) is 30.1 Å². The van der Waals surface area contributed by atoms with E-state index >= 15 is 0 Å². The van der Waals surface area contributed by atoms with Crippen molar-refractivity contribution in [3.05, 3.63) is 52.7 Å². The normalized spacial score (nSPS) is 9.95. The van der Waals surface area contributed by atoms with E-state index in [4.69, 9.17) is 22.6 Å². The van der Waals surface area contributed by atoms with Crippen molar-refractivity contribution in [2.45, 2.75) is 6.54 Å². The average Bonchev–Trinajstić information content (AvgIpc) is 2.43. The average molecular weight is 273 g/mol. The SMILES string of the molecule is CN(Cc1nc(N)ccc1Cl)c1cccc(C#N)c1. The lowest BCUT2D eigenvalue weighted by molar-refractivity contribution is 0.887. The third kappa shape index (κ3) is 3.15. The Morgan fingerprint density at radius 3 is 2.89 bits per heavy atom. The smallest absolute Gasteiger partial charge is 0.123 e. The van der Waals surface area contributed by atoms with Gasteiger partial charge in [-0.2, -0.15) is 5.26 Å². The molecule has 0 saturated carbocycles. The van der Waals surface area contributed by atoms with Crippen molar-refractivity contribution >= 4 is 23.1 Å². The number of aromatic nitrogens is 1. The number of nitrogens with zero attached hydrogens (tertiary/aromatic N) is 3. The van der Waals surface area contributed by atoms with E-state index in [0.29, 0.717) is 28.6 Å². The third-order valence-electron chi connectivity index (χ3n) is 2.74. The van der Waals surface area contributed by atoms with Gasteiger partial charge in [-0.25, -0.2) is 4.98 Å². The molecule has 1 aromatic carbocycles. The van der Waals surface area contributed by atoms with Crippen molar-refractivity contribution < 1.29 is 0 Å². The molecule has 4 nitrogen and oxygen atoms in total. The molecule has 2 rings (SSSR count). The topological polar surface area (TPSA) is 65.9 Å². The summed E-state index contributed by atoms with van der Waals surface area (Å²) in [5.41, 5.74) is 7.92. The quantitative estimate of drug-likeness (QED) is 0.933. The van der Waals surface area contributed by atoms with Crippen LogP contribution < -0.4 is 10.6 Å². The van der Waals surface area contributed by atoms with Crippen molar-refractivity contribution in [2.75, 3.05) is 17.7 Å². The zero-order valence-corrected chi connectivity index (χ0v) is 11.2. The first-order valence-electron chi connectivity index (χ1n) is 5.72. The van der Waals surface area contributed by atoms with Crippen molar-refractivity contribution in [2.24, 2.45) is 0 Å². The largest absolute Gasteiger partial charge is 0.384 e. The molecular weight excluding hydrogens is 260 g/mol. The first-order valence-corrected chi connectivity index (χ1v) is 6.10. The number of nitriles is 1. The summed E-state index contributed by atoms with van der Waals surface area (Å²) in [5, 5.41) is 9.48. The van der Waals surface area contributed by atoms with E-state index < -0.39 is 0 Å². The van der Waals surface area contributed by atoms with Gasteiger partial charge in [0.15, 0.2) is 0 Å².